The van der Waals surface area contributed by atoms with Crippen LogP contribution in [-0.4, -0.2) is 37.2 Å². The summed E-state index contributed by atoms with van der Waals surface area (Å²) in [6.07, 6.45) is 0.771. The third-order valence-corrected chi connectivity index (χ3v) is 7.14. The molecule has 35 heavy (non-hydrogen) atoms. The first-order valence-corrected chi connectivity index (χ1v) is 12.6. The van der Waals surface area contributed by atoms with Gasteiger partial charge in [0.05, 0.1) is 5.52 Å². The second-order valence-electron chi connectivity index (χ2n) is 9.39. The standard InChI is InChI=1S/C27H31N5O2S/c1-5-27(3,4)28-26(34)25(23-11-8-16-35-23)31(17-20-14-12-19(2)13-15-20)24(33)18-32-22-10-7-6-9-21(22)29-30-32/h6-16,25H,5,17-18H2,1-4H3,(H,28,34)/t25-/m0/s1. The van der Waals surface area contributed by atoms with Crippen molar-refractivity contribution in [1.29, 1.82) is 0 Å². The number of aromatic nitrogens is 3. The number of aryl methyl sites for hydroxylation is 1. The maximum atomic E-state index is 13.9. The minimum Gasteiger partial charge on any atom is -0.349 e. The van der Waals surface area contributed by atoms with Crippen LogP contribution in [0.3, 0.4) is 0 Å². The van der Waals surface area contributed by atoms with Crippen molar-refractivity contribution in [2.75, 3.05) is 0 Å². The molecule has 7 nitrogen and oxygen atoms in total. The topological polar surface area (TPSA) is 80.1 Å². The zero-order valence-corrected chi connectivity index (χ0v) is 21.4. The average molecular weight is 490 g/mol. The molecule has 2 heterocycles. The molecular formula is C27H31N5O2S. The number of hydrogen-bond acceptors (Lipinski definition) is 5. The highest BCUT2D eigenvalue weighted by molar-refractivity contribution is 7.10. The minimum absolute atomic E-state index is 0.0152. The minimum atomic E-state index is -0.760. The van der Waals surface area contributed by atoms with E-state index in [1.165, 1.54) is 11.3 Å². The van der Waals surface area contributed by atoms with Gasteiger partial charge in [-0.2, -0.15) is 0 Å². The van der Waals surface area contributed by atoms with E-state index in [2.05, 4.69) is 15.6 Å². The fraction of sp³-hybridized carbons (Fsp3) is 0.333. The van der Waals surface area contributed by atoms with Crippen LogP contribution in [0.2, 0.25) is 0 Å². The number of nitrogens with zero attached hydrogens (tertiary/aromatic N) is 4. The summed E-state index contributed by atoms with van der Waals surface area (Å²) in [6.45, 7) is 8.32. The van der Waals surface area contributed by atoms with Gasteiger partial charge in [0.1, 0.15) is 18.1 Å². The summed E-state index contributed by atoms with van der Waals surface area (Å²) in [7, 11) is 0. The molecule has 182 valence electrons. The number of carbonyl (C=O) groups is 2. The number of benzene rings is 2. The van der Waals surface area contributed by atoms with Crippen LogP contribution >= 0.6 is 11.3 Å². The van der Waals surface area contributed by atoms with Crippen LogP contribution < -0.4 is 5.32 Å². The monoisotopic (exact) mass is 489 g/mol. The maximum Gasteiger partial charge on any atom is 0.248 e. The molecule has 0 saturated heterocycles. The molecule has 0 bridgehead atoms. The van der Waals surface area contributed by atoms with Crippen LogP contribution in [0.4, 0.5) is 0 Å². The Kier molecular flexibility index (Phi) is 7.31. The second-order valence-corrected chi connectivity index (χ2v) is 10.4. The Balaban J connectivity index is 1.72. The van der Waals surface area contributed by atoms with Crippen LogP contribution in [-0.2, 0) is 22.7 Å². The molecule has 8 heteroatoms. The van der Waals surface area contributed by atoms with E-state index in [1.54, 1.807) is 9.58 Å². The molecule has 0 aliphatic rings. The Hall–Kier alpha value is -3.52. The highest BCUT2D eigenvalue weighted by atomic mass is 32.1. The SMILES string of the molecule is CCC(C)(C)NC(=O)[C@H](c1cccs1)N(Cc1ccc(C)cc1)C(=O)Cn1nnc2ccccc21. The summed E-state index contributed by atoms with van der Waals surface area (Å²) in [5, 5.41) is 13.5. The highest BCUT2D eigenvalue weighted by Crippen LogP contribution is 2.29. The summed E-state index contributed by atoms with van der Waals surface area (Å²) in [4.78, 5) is 30.0. The van der Waals surface area contributed by atoms with Crippen molar-refractivity contribution in [1.82, 2.24) is 25.2 Å². The average Bonchev–Trinajstić information content (AvgIpc) is 3.50. The molecule has 0 aliphatic carbocycles. The quantitative estimate of drug-likeness (QED) is 0.364. The molecule has 0 aliphatic heterocycles. The fourth-order valence-corrected chi connectivity index (χ4v) is 4.66. The Morgan fingerprint density at radius 1 is 1.09 bits per heavy atom. The second kappa shape index (κ2) is 10.4. The van der Waals surface area contributed by atoms with Crippen LogP contribution in [0, 0.1) is 6.92 Å². The number of para-hydroxylation sites is 1. The Labute approximate surface area is 209 Å². The van der Waals surface area contributed by atoms with Gasteiger partial charge in [-0.3, -0.25) is 9.59 Å². The third kappa shape index (κ3) is 5.77. The van der Waals surface area contributed by atoms with Crippen molar-refractivity contribution in [2.45, 2.75) is 58.8 Å². The van der Waals surface area contributed by atoms with Gasteiger partial charge in [0.25, 0.3) is 0 Å². The van der Waals surface area contributed by atoms with Crippen molar-refractivity contribution < 1.29 is 9.59 Å². The highest BCUT2D eigenvalue weighted by Gasteiger charge is 2.35. The molecule has 2 aromatic carbocycles. The van der Waals surface area contributed by atoms with Crippen LogP contribution in [0.1, 0.15) is 49.2 Å². The van der Waals surface area contributed by atoms with E-state index in [1.807, 2.05) is 93.7 Å². The van der Waals surface area contributed by atoms with Crippen LogP contribution in [0.5, 0.6) is 0 Å². The molecule has 4 aromatic rings. The van der Waals surface area contributed by atoms with Gasteiger partial charge in [-0.25, -0.2) is 4.68 Å². The van der Waals surface area contributed by atoms with E-state index in [0.29, 0.717) is 6.54 Å². The molecule has 4 rings (SSSR count). The van der Waals surface area contributed by atoms with Crippen LogP contribution in [0.15, 0.2) is 66.0 Å². The Bertz CT molecular complexity index is 1290. The number of fused-ring (bicyclic) bond motifs is 1. The lowest BCUT2D eigenvalue weighted by molar-refractivity contribution is -0.142. The Morgan fingerprint density at radius 3 is 2.51 bits per heavy atom. The van der Waals surface area contributed by atoms with Gasteiger partial charge in [-0.05, 0) is 56.3 Å². The number of amides is 2. The number of rotatable bonds is 9. The molecule has 0 radical (unpaired) electrons. The van der Waals surface area contributed by atoms with Gasteiger partial charge in [-0.1, -0.05) is 60.2 Å². The summed E-state index contributed by atoms with van der Waals surface area (Å²) < 4.78 is 1.60. The van der Waals surface area contributed by atoms with Crippen molar-refractivity contribution in [2.24, 2.45) is 0 Å². The zero-order chi connectivity index (χ0) is 25.0. The molecule has 0 saturated carbocycles. The summed E-state index contributed by atoms with van der Waals surface area (Å²) >= 11 is 1.47. The molecule has 1 atom stereocenters. The first kappa shape index (κ1) is 24.6. The predicted molar refractivity (Wildman–Crippen MR) is 139 cm³/mol. The fourth-order valence-electron chi connectivity index (χ4n) is 3.83. The molecule has 1 N–H and O–H groups in total. The van der Waals surface area contributed by atoms with E-state index in [0.717, 1.165) is 33.5 Å². The number of hydrogen-bond donors (Lipinski definition) is 1. The number of thiophene rings is 1. The first-order valence-electron chi connectivity index (χ1n) is 11.8. The van der Waals surface area contributed by atoms with Crippen LogP contribution in [0.25, 0.3) is 11.0 Å². The lowest BCUT2D eigenvalue weighted by Gasteiger charge is -2.34. The third-order valence-electron chi connectivity index (χ3n) is 6.22. The van der Waals surface area contributed by atoms with Crippen molar-refractivity contribution in [3.05, 3.63) is 82.0 Å². The van der Waals surface area contributed by atoms with Gasteiger partial charge < -0.3 is 10.2 Å². The van der Waals surface area contributed by atoms with Gasteiger partial charge in [0.15, 0.2) is 0 Å². The van der Waals surface area contributed by atoms with Gasteiger partial charge >= 0.3 is 0 Å². The lowest BCUT2D eigenvalue weighted by atomic mass is 10.0. The van der Waals surface area contributed by atoms with Gasteiger partial charge in [-0.15, -0.1) is 16.4 Å². The molecule has 2 amide bonds. The van der Waals surface area contributed by atoms with Gasteiger partial charge in [0.2, 0.25) is 11.8 Å². The molecular weight excluding hydrogens is 458 g/mol. The zero-order valence-electron chi connectivity index (χ0n) is 20.6. The first-order chi connectivity index (χ1) is 16.8. The molecule has 0 fully saturated rings. The summed E-state index contributed by atoms with van der Waals surface area (Å²) in [5.74, 6) is -0.396. The Morgan fingerprint density at radius 2 is 1.83 bits per heavy atom. The van der Waals surface area contributed by atoms with Crippen molar-refractivity contribution in [3.8, 4) is 0 Å². The van der Waals surface area contributed by atoms with E-state index in [-0.39, 0.29) is 18.4 Å². The van der Waals surface area contributed by atoms with E-state index in [4.69, 9.17) is 0 Å². The summed E-state index contributed by atoms with van der Waals surface area (Å²) in [6, 6.07) is 18.6. The molecule has 2 aromatic heterocycles. The number of carbonyl (C=O) groups excluding carboxylic acids is 2. The smallest absolute Gasteiger partial charge is 0.248 e. The van der Waals surface area contributed by atoms with Crippen molar-refractivity contribution in [3.63, 3.8) is 0 Å². The number of nitrogens with one attached hydrogen (secondary N) is 1. The summed E-state index contributed by atoms with van der Waals surface area (Å²) in [5.41, 5.74) is 3.20. The lowest BCUT2D eigenvalue weighted by Crippen LogP contribution is -2.50. The van der Waals surface area contributed by atoms with Crippen molar-refractivity contribution >= 4 is 34.2 Å². The van der Waals surface area contributed by atoms with E-state index < -0.39 is 11.6 Å². The maximum absolute atomic E-state index is 13.9. The van der Waals surface area contributed by atoms with E-state index in [9.17, 15) is 9.59 Å². The molecule has 0 unspecified atom stereocenters. The predicted octanol–water partition coefficient (Wildman–Crippen LogP) is 4.88. The largest absolute Gasteiger partial charge is 0.349 e. The normalized spacial score (nSPS) is 12.5. The van der Waals surface area contributed by atoms with E-state index >= 15 is 0 Å². The van der Waals surface area contributed by atoms with Gasteiger partial charge in [0, 0.05) is 17.0 Å². The molecule has 0 spiro atoms.